The minimum absolute atomic E-state index is 0.0747. The number of halogens is 1. The van der Waals surface area contributed by atoms with E-state index in [9.17, 15) is 10.1 Å². The van der Waals surface area contributed by atoms with Gasteiger partial charge in [-0.2, -0.15) is 0 Å². The SMILES string of the molecule is O=[N+]([O-])c1cc[c]c(Br)c1. The summed E-state index contributed by atoms with van der Waals surface area (Å²) in [5, 5.41) is 10.1. The zero-order chi connectivity index (χ0) is 7.56. The number of nitrogens with zero attached hydrogens (tertiary/aromatic N) is 1. The first-order chi connectivity index (χ1) is 4.70. The Balaban J connectivity index is 3.07. The van der Waals surface area contributed by atoms with Gasteiger partial charge in [0.05, 0.1) is 4.92 Å². The van der Waals surface area contributed by atoms with Crippen LogP contribution >= 0.6 is 15.9 Å². The van der Waals surface area contributed by atoms with Gasteiger partial charge in [-0.3, -0.25) is 10.1 Å². The summed E-state index contributed by atoms with van der Waals surface area (Å²) >= 11 is 3.07. The van der Waals surface area contributed by atoms with Crippen molar-refractivity contribution in [2.24, 2.45) is 0 Å². The molecule has 0 aliphatic carbocycles. The molecule has 0 amide bonds. The van der Waals surface area contributed by atoms with Crippen molar-refractivity contribution >= 4 is 21.6 Å². The van der Waals surface area contributed by atoms with Gasteiger partial charge in [0.15, 0.2) is 0 Å². The van der Waals surface area contributed by atoms with Crippen molar-refractivity contribution in [1.29, 1.82) is 0 Å². The molecular weight excluding hydrogens is 198 g/mol. The van der Waals surface area contributed by atoms with Crippen molar-refractivity contribution < 1.29 is 4.92 Å². The molecule has 0 atom stereocenters. The van der Waals surface area contributed by atoms with E-state index in [-0.39, 0.29) is 5.69 Å². The van der Waals surface area contributed by atoms with Crippen LogP contribution in [0, 0.1) is 16.2 Å². The average molecular weight is 201 g/mol. The summed E-state index contributed by atoms with van der Waals surface area (Å²) in [6, 6.07) is 7.04. The van der Waals surface area contributed by atoms with E-state index in [1.807, 2.05) is 0 Å². The third-order valence-corrected chi connectivity index (χ3v) is 1.42. The van der Waals surface area contributed by atoms with Gasteiger partial charge in [-0.05, 0) is 28.1 Å². The van der Waals surface area contributed by atoms with Crippen LogP contribution in [0.1, 0.15) is 0 Å². The maximum absolute atomic E-state index is 10.1. The van der Waals surface area contributed by atoms with Crippen molar-refractivity contribution in [3.63, 3.8) is 0 Å². The maximum atomic E-state index is 10.1. The Kier molecular flexibility index (Phi) is 2.01. The van der Waals surface area contributed by atoms with Crippen LogP contribution in [0.2, 0.25) is 0 Å². The van der Waals surface area contributed by atoms with Crippen LogP contribution in [0.3, 0.4) is 0 Å². The van der Waals surface area contributed by atoms with Gasteiger partial charge in [-0.1, -0.05) is 0 Å². The summed E-state index contributed by atoms with van der Waals surface area (Å²) in [4.78, 5) is 9.68. The Hall–Kier alpha value is -0.900. The van der Waals surface area contributed by atoms with Crippen LogP contribution in [0.15, 0.2) is 22.7 Å². The van der Waals surface area contributed by atoms with Crippen LogP contribution in [-0.4, -0.2) is 4.92 Å². The van der Waals surface area contributed by atoms with E-state index < -0.39 is 4.92 Å². The molecule has 1 aromatic rings. The number of benzene rings is 1. The molecule has 4 heteroatoms. The Morgan fingerprint density at radius 1 is 1.70 bits per heavy atom. The third kappa shape index (κ3) is 1.54. The fourth-order valence-electron chi connectivity index (χ4n) is 0.540. The second-order valence-electron chi connectivity index (χ2n) is 1.65. The Bertz CT molecular complexity index is 262. The van der Waals surface area contributed by atoms with Gasteiger partial charge in [-0.15, -0.1) is 0 Å². The molecule has 0 spiro atoms. The highest BCUT2D eigenvalue weighted by Crippen LogP contribution is 2.16. The van der Waals surface area contributed by atoms with Crippen LogP contribution in [0.5, 0.6) is 0 Å². The molecule has 1 rings (SSSR count). The lowest BCUT2D eigenvalue weighted by atomic mass is 10.3. The summed E-state index contributed by atoms with van der Waals surface area (Å²) < 4.78 is 0.599. The van der Waals surface area contributed by atoms with Crippen LogP contribution < -0.4 is 0 Å². The quantitative estimate of drug-likeness (QED) is 0.516. The number of rotatable bonds is 1. The molecular formula is C6H3BrNO2. The molecule has 1 aromatic carbocycles. The molecule has 0 aliphatic heterocycles. The van der Waals surface area contributed by atoms with E-state index >= 15 is 0 Å². The minimum atomic E-state index is -0.446. The van der Waals surface area contributed by atoms with Crippen molar-refractivity contribution in [2.45, 2.75) is 0 Å². The highest BCUT2D eigenvalue weighted by atomic mass is 79.9. The van der Waals surface area contributed by atoms with Gasteiger partial charge in [0.1, 0.15) is 0 Å². The molecule has 51 valence electrons. The van der Waals surface area contributed by atoms with Gasteiger partial charge in [-0.25, -0.2) is 0 Å². The molecule has 0 aromatic heterocycles. The van der Waals surface area contributed by atoms with Crippen LogP contribution in [0.4, 0.5) is 5.69 Å². The Morgan fingerprint density at radius 3 is 2.80 bits per heavy atom. The largest absolute Gasteiger partial charge is 0.270 e. The highest BCUT2D eigenvalue weighted by Gasteiger charge is 2.02. The van der Waals surface area contributed by atoms with E-state index in [0.717, 1.165) is 0 Å². The van der Waals surface area contributed by atoms with Gasteiger partial charge >= 0.3 is 0 Å². The molecule has 0 aliphatic rings. The third-order valence-electron chi connectivity index (χ3n) is 0.961. The number of nitro benzene ring substituents is 1. The van der Waals surface area contributed by atoms with Gasteiger partial charge in [0, 0.05) is 16.6 Å². The average Bonchev–Trinajstić information content (AvgIpc) is 1.88. The fraction of sp³-hybridized carbons (Fsp3) is 0. The first-order valence-electron chi connectivity index (χ1n) is 2.52. The first-order valence-corrected chi connectivity index (χ1v) is 3.31. The van der Waals surface area contributed by atoms with E-state index in [4.69, 9.17) is 0 Å². The summed E-state index contributed by atoms with van der Waals surface area (Å²) in [5.41, 5.74) is 0.0747. The molecule has 3 nitrogen and oxygen atoms in total. The van der Waals surface area contributed by atoms with Crippen molar-refractivity contribution in [2.75, 3.05) is 0 Å². The Labute approximate surface area is 66.0 Å². The van der Waals surface area contributed by atoms with Crippen molar-refractivity contribution in [1.82, 2.24) is 0 Å². The van der Waals surface area contributed by atoms with E-state index in [1.54, 1.807) is 0 Å². The molecule has 1 radical (unpaired) electrons. The van der Waals surface area contributed by atoms with Gasteiger partial charge in [0.2, 0.25) is 0 Å². The zero-order valence-electron chi connectivity index (χ0n) is 4.87. The maximum Gasteiger partial charge on any atom is 0.270 e. The van der Waals surface area contributed by atoms with E-state index in [2.05, 4.69) is 22.0 Å². The summed E-state index contributed by atoms with van der Waals surface area (Å²) in [6.07, 6.45) is 0. The molecule has 10 heavy (non-hydrogen) atoms. The number of non-ortho nitro benzene ring substituents is 1. The van der Waals surface area contributed by atoms with Gasteiger partial charge < -0.3 is 0 Å². The van der Waals surface area contributed by atoms with Crippen molar-refractivity contribution in [3.05, 3.63) is 38.9 Å². The lowest BCUT2D eigenvalue weighted by molar-refractivity contribution is -0.384. The highest BCUT2D eigenvalue weighted by molar-refractivity contribution is 9.10. The predicted molar refractivity (Wildman–Crippen MR) is 39.6 cm³/mol. The minimum Gasteiger partial charge on any atom is -0.258 e. The summed E-state index contributed by atoms with van der Waals surface area (Å²) in [5.74, 6) is 0. The lowest BCUT2D eigenvalue weighted by Crippen LogP contribution is -1.85. The smallest absolute Gasteiger partial charge is 0.258 e. The number of hydrogen-bond donors (Lipinski definition) is 0. The molecule has 0 unspecified atom stereocenters. The Morgan fingerprint density at radius 2 is 2.40 bits per heavy atom. The molecule has 0 saturated heterocycles. The zero-order valence-corrected chi connectivity index (χ0v) is 6.46. The second-order valence-corrected chi connectivity index (χ2v) is 2.51. The topological polar surface area (TPSA) is 43.1 Å². The van der Waals surface area contributed by atoms with Crippen molar-refractivity contribution in [3.8, 4) is 0 Å². The normalized spacial score (nSPS) is 9.30. The monoisotopic (exact) mass is 200 g/mol. The predicted octanol–water partition coefficient (Wildman–Crippen LogP) is 2.16. The van der Waals surface area contributed by atoms with Crippen LogP contribution in [0.25, 0.3) is 0 Å². The molecule has 0 heterocycles. The number of hydrogen-bond acceptors (Lipinski definition) is 2. The van der Waals surface area contributed by atoms with Gasteiger partial charge in [0.25, 0.3) is 5.69 Å². The molecule has 0 saturated carbocycles. The van der Waals surface area contributed by atoms with Crippen LogP contribution in [-0.2, 0) is 0 Å². The molecule has 0 bridgehead atoms. The lowest BCUT2D eigenvalue weighted by Gasteiger charge is -1.88. The second kappa shape index (κ2) is 2.79. The summed E-state index contributed by atoms with van der Waals surface area (Å²) in [6.45, 7) is 0. The van der Waals surface area contributed by atoms with E-state index in [1.165, 1.54) is 18.2 Å². The summed E-state index contributed by atoms with van der Waals surface area (Å²) in [7, 11) is 0. The first kappa shape index (κ1) is 7.21. The number of nitro groups is 1. The van der Waals surface area contributed by atoms with E-state index in [0.29, 0.717) is 4.47 Å². The standard InChI is InChI=1S/C6H3BrNO2/c7-5-2-1-3-6(4-5)8(9)10/h1,3-4H. The fourth-order valence-corrected chi connectivity index (χ4v) is 0.907. The molecule has 0 fully saturated rings. The molecule has 0 N–H and O–H groups in total.